The summed E-state index contributed by atoms with van der Waals surface area (Å²) in [5, 5.41) is 3.93. The molecule has 0 radical (unpaired) electrons. The van der Waals surface area contributed by atoms with Crippen LogP contribution in [0.1, 0.15) is 22.8 Å². The zero-order valence-electron chi connectivity index (χ0n) is 15.9. The van der Waals surface area contributed by atoms with Gasteiger partial charge in [-0.1, -0.05) is 30.3 Å². The fourth-order valence-corrected chi connectivity index (χ4v) is 2.51. The van der Waals surface area contributed by atoms with Crippen molar-refractivity contribution >= 4 is 11.9 Å². The fourth-order valence-electron chi connectivity index (χ4n) is 2.51. The largest absolute Gasteiger partial charge is 0.497 e. The van der Waals surface area contributed by atoms with Crippen LogP contribution in [0.2, 0.25) is 0 Å². The Hall–Kier alpha value is -3.07. The fraction of sp³-hybridized carbons (Fsp3) is 0.300. The molecule has 0 aliphatic heterocycles. The molecule has 1 atom stereocenters. The lowest BCUT2D eigenvalue weighted by molar-refractivity contribution is -0.219. The van der Waals surface area contributed by atoms with Gasteiger partial charge in [-0.2, -0.15) is 13.2 Å². The van der Waals surface area contributed by atoms with E-state index in [1.807, 2.05) is 0 Å². The number of hydrogen-bond donors (Lipinski definition) is 2. The number of alkyl halides is 3. The Morgan fingerprint density at radius 1 is 1.00 bits per heavy atom. The van der Waals surface area contributed by atoms with Crippen molar-refractivity contribution in [1.82, 2.24) is 10.6 Å². The second-order valence-corrected chi connectivity index (χ2v) is 5.99. The van der Waals surface area contributed by atoms with Gasteiger partial charge >= 0.3 is 12.1 Å². The normalized spacial score (nSPS) is 13.3. The summed E-state index contributed by atoms with van der Waals surface area (Å²) in [7, 11) is 1.41. The SMILES string of the molecule is CCOC(=O)[C@](NCc1ccccc1)(NC(=O)c1ccc(OC)cc1)C(F)(F)F. The van der Waals surface area contributed by atoms with E-state index in [0.717, 1.165) is 0 Å². The molecule has 0 aliphatic carbocycles. The summed E-state index contributed by atoms with van der Waals surface area (Å²) >= 11 is 0. The first kappa shape index (κ1) is 22.2. The molecule has 29 heavy (non-hydrogen) atoms. The highest BCUT2D eigenvalue weighted by molar-refractivity contribution is 5.98. The Morgan fingerprint density at radius 2 is 1.62 bits per heavy atom. The topological polar surface area (TPSA) is 76.7 Å². The van der Waals surface area contributed by atoms with Gasteiger partial charge in [-0.25, -0.2) is 4.79 Å². The molecular weight excluding hydrogens is 389 g/mol. The monoisotopic (exact) mass is 410 g/mol. The predicted molar refractivity (Wildman–Crippen MR) is 99.2 cm³/mol. The minimum absolute atomic E-state index is 0.0785. The number of rotatable bonds is 8. The molecule has 9 heteroatoms. The molecule has 0 bridgehead atoms. The van der Waals surface area contributed by atoms with E-state index in [1.54, 1.807) is 35.6 Å². The van der Waals surface area contributed by atoms with E-state index in [9.17, 15) is 22.8 Å². The molecule has 6 nitrogen and oxygen atoms in total. The molecule has 1 amide bonds. The van der Waals surface area contributed by atoms with Crippen LogP contribution < -0.4 is 15.4 Å². The molecule has 0 spiro atoms. The van der Waals surface area contributed by atoms with E-state index in [0.29, 0.717) is 11.3 Å². The Labute approximate surface area is 166 Å². The summed E-state index contributed by atoms with van der Waals surface area (Å²) in [5.41, 5.74) is -3.01. The van der Waals surface area contributed by atoms with Crippen LogP contribution in [-0.4, -0.2) is 37.4 Å². The number of hydrogen-bond acceptors (Lipinski definition) is 5. The maximum atomic E-state index is 14.0. The first-order valence-corrected chi connectivity index (χ1v) is 8.73. The second kappa shape index (κ2) is 9.42. The smallest absolute Gasteiger partial charge is 0.436 e. The third-order valence-corrected chi connectivity index (χ3v) is 4.06. The molecule has 2 aromatic carbocycles. The first-order valence-electron chi connectivity index (χ1n) is 8.73. The Balaban J connectivity index is 2.37. The molecule has 2 N–H and O–H groups in total. The van der Waals surface area contributed by atoms with Crippen LogP contribution in [0.5, 0.6) is 5.75 Å². The lowest BCUT2D eigenvalue weighted by Gasteiger charge is -2.34. The third-order valence-electron chi connectivity index (χ3n) is 4.06. The summed E-state index contributed by atoms with van der Waals surface area (Å²) < 4.78 is 51.7. The van der Waals surface area contributed by atoms with Crippen molar-refractivity contribution in [3.05, 3.63) is 65.7 Å². The molecule has 0 saturated heterocycles. The molecule has 0 aliphatic rings. The van der Waals surface area contributed by atoms with Crippen molar-refractivity contribution < 1.29 is 32.2 Å². The number of halogens is 3. The van der Waals surface area contributed by atoms with Crippen LogP contribution in [-0.2, 0) is 16.1 Å². The molecule has 0 aromatic heterocycles. The molecule has 0 saturated carbocycles. The summed E-state index contributed by atoms with van der Waals surface area (Å²) in [6.45, 7) is 0.756. The molecule has 2 aromatic rings. The van der Waals surface area contributed by atoms with Gasteiger partial charge in [0.2, 0.25) is 0 Å². The maximum Gasteiger partial charge on any atom is 0.436 e. The standard InChI is InChI=1S/C20H21F3N2O4/c1-3-29-18(27)19(20(21,22)23,24-13-14-7-5-4-6-8-14)25-17(26)15-9-11-16(28-2)12-10-15/h4-12,24H,3,13H2,1-2H3,(H,25,26)/t19-/m0/s1. The summed E-state index contributed by atoms with van der Waals surface area (Å²) in [4.78, 5) is 24.9. The molecular formula is C20H21F3N2O4. The summed E-state index contributed by atoms with van der Waals surface area (Å²) in [6, 6.07) is 13.6. The van der Waals surface area contributed by atoms with Crippen LogP contribution in [0.15, 0.2) is 54.6 Å². The Bertz CT molecular complexity index is 826. The van der Waals surface area contributed by atoms with Crippen LogP contribution in [0.25, 0.3) is 0 Å². The number of carbonyl (C=O) groups is 2. The van der Waals surface area contributed by atoms with Crippen LogP contribution in [0.4, 0.5) is 13.2 Å². The van der Waals surface area contributed by atoms with E-state index in [4.69, 9.17) is 4.74 Å². The van der Waals surface area contributed by atoms with E-state index in [-0.39, 0.29) is 18.7 Å². The van der Waals surface area contributed by atoms with Crippen molar-refractivity contribution in [2.45, 2.75) is 25.3 Å². The molecule has 0 fully saturated rings. The van der Waals surface area contributed by atoms with Crippen molar-refractivity contribution in [3.63, 3.8) is 0 Å². The molecule has 156 valence electrons. The number of nitrogens with one attached hydrogen (secondary N) is 2. The van der Waals surface area contributed by atoms with Crippen molar-refractivity contribution in [3.8, 4) is 5.75 Å². The minimum atomic E-state index is -5.17. The highest BCUT2D eigenvalue weighted by Crippen LogP contribution is 2.31. The van der Waals surface area contributed by atoms with Gasteiger partial charge in [0.25, 0.3) is 11.6 Å². The van der Waals surface area contributed by atoms with Crippen LogP contribution >= 0.6 is 0 Å². The number of methoxy groups -OCH3 is 1. The number of ether oxygens (including phenoxy) is 2. The van der Waals surface area contributed by atoms with Gasteiger partial charge < -0.3 is 14.8 Å². The number of esters is 1. The molecule has 0 heterocycles. The minimum Gasteiger partial charge on any atom is -0.497 e. The van der Waals surface area contributed by atoms with Gasteiger partial charge in [0, 0.05) is 12.1 Å². The summed E-state index contributed by atoms with van der Waals surface area (Å²) in [5.74, 6) is -2.32. The van der Waals surface area contributed by atoms with Gasteiger partial charge in [0.05, 0.1) is 13.7 Å². The van der Waals surface area contributed by atoms with Crippen molar-refractivity contribution in [1.29, 1.82) is 0 Å². The maximum absolute atomic E-state index is 14.0. The van der Waals surface area contributed by atoms with Gasteiger partial charge in [0.1, 0.15) is 5.75 Å². The zero-order valence-corrected chi connectivity index (χ0v) is 15.9. The predicted octanol–water partition coefficient (Wildman–Crippen LogP) is 3.04. The lowest BCUT2D eigenvalue weighted by Crippen LogP contribution is -2.72. The van der Waals surface area contributed by atoms with E-state index < -0.39 is 23.7 Å². The molecule has 0 unspecified atom stereocenters. The van der Waals surface area contributed by atoms with Crippen molar-refractivity contribution in [2.24, 2.45) is 0 Å². The van der Waals surface area contributed by atoms with Crippen LogP contribution in [0, 0.1) is 0 Å². The van der Waals surface area contributed by atoms with Crippen molar-refractivity contribution in [2.75, 3.05) is 13.7 Å². The lowest BCUT2D eigenvalue weighted by atomic mass is 10.1. The number of amides is 1. The second-order valence-electron chi connectivity index (χ2n) is 5.99. The van der Waals surface area contributed by atoms with E-state index in [1.165, 1.54) is 38.3 Å². The first-order chi connectivity index (χ1) is 13.7. The third kappa shape index (κ3) is 5.26. The quantitative estimate of drug-likeness (QED) is 0.517. The highest BCUT2D eigenvalue weighted by Gasteiger charge is 2.63. The van der Waals surface area contributed by atoms with Crippen LogP contribution in [0.3, 0.4) is 0 Å². The van der Waals surface area contributed by atoms with Gasteiger partial charge in [-0.3, -0.25) is 10.1 Å². The zero-order chi connectivity index (χ0) is 21.5. The van der Waals surface area contributed by atoms with E-state index >= 15 is 0 Å². The molecule has 2 rings (SSSR count). The van der Waals surface area contributed by atoms with Gasteiger partial charge in [0.15, 0.2) is 0 Å². The van der Waals surface area contributed by atoms with E-state index in [2.05, 4.69) is 10.1 Å². The summed E-state index contributed by atoms with van der Waals surface area (Å²) in [6.07, 6.45) is -5.17. The average Bonchev–Trinajstić information content (AvgIpc) is 2.71. The Morgan fingerprint density at radius 3 is 2.14 bits per heavy atom. The number of benzene rings is 2. The van der Waals surface area contributed by atoms with Gasteiger partial charge in [-0.15, -0.1) is 0 Å². The number of carbonyl (C=O) groups excluding carboxylic acids is 2. The highest BCUT2D eigenvalue weighted by atomic mass is 19.4. The Kier molecular flexibility index (Phi) is 7.22. The average molecular weight is 410 g/mol. The van der Waals surface area contributed by atoms with Gasteiger partial charge in [-0.05, 0) is 36.8 Å².